The van der Waals surface area contributed by atoms with E-state index in [9.17, 15) is 4.79 Å². The fourth-order valence-corrected chi connectivity index (χ4v) is 2.46. The van der Waals surface area contributed by atoms with Gasteiger partial charge in [0.25, 0.3) is 5.91 Å². The summed E-state index contributed by atoms with van der Waals surface area (Å²) in [7, 11) is 0. The lowest BCUT2D eigenvalue weighted by atomic mass is 10.1. The molecule has 1 aromatic carbocycles. The molecule has 1 amide bonds. The second kappa shape index (κ2) is 7.04. The molecule has 0 aliphatic heterocycles. The molecule has 0 radical (unpaired) electrons. The van der Waals surface area contributed by atoms with E-state index < -0.39 is 6.10 Å². The summed E-state index contributed by atoms with van der Waals surface area (Å²) in [6.07, 6.45) is 1.01. The molecular formula is C16H18N2O2S. The molecule has 0 saturated heterocycles. The van der Waals surface area contributed by atoms with Crippen molar-refractivity contribution in [3.8, 4) is 5.75 Å². The molecule has 0 saturated carbocycles. The van der Waals surface area contributed by atoms with Crippen molar-refractivity contribution >= 4 is 23.5 Å². The van der Waals surface area contributed by atoms with E-state index in [1.54, 1.807) is 24.5 Å². The molecule has 0 aliphatic rings. The van der Waals surface area contributed by atoms with Crippen LogP contribution in [0.5, 0.6) is 5.75 Å². The SMILES string of the molecule is Cc1cc(C)cc(O[C@H](C)C(=O)N/N=C/c2cccs2)c1. The number of ether oxygens (including phenoxy) is 1. The standard InChI is InChI=1S/C16H18N2O2S/c1-11-7-12(2)9-14(8-11)20-13(3)16(19)18-17-10-15-5-4-6-21-15/h4-10,13H,1-3H3,(H,18,19)/b17-10+/t13-/m1/s1. The zero-order valence-electron chi connectivity index (χ0n) is 12.3. The van der Waals surface area contributed by atoms with Gasteiger partial charge >= 0.3 is 0 Å². The van der Waals surface area contributed by atoms with Gasteiger partial charge in [-0.25, -0.2) is 5.43 Å². The van der Waals surface area contributed by atoms with Crippen molar-refractivity contribution in [2.75, 3.05) is 0 Å². The van der Waals surface area contributed by atoms with Crippen molar-refractivity contribution in [1.29, 1.82) is 0 Å². The third-order valence-corrected chi connectivity index (χ3v) is 3.59. The van der Waals surface area contributed by atoms with Gasteiger partial charge in [0.1, 0.15) is 5.75 Å². The van der Waals surface area contributed by atoms with Gasteiger partial charge in [-0.15, -0.1) is 11.3 Å². The van der Waals surface area contributed by atoms with Gasteiger partial charge in [-0.05, 0) is 55.5 Å². The first-order valence-electron chi connectivity index (χ1n) is 6.66. The Labute approximate surface area is 128 Å². The number of thiophene rings is 1. The number of nitrogens with one attached hydrogen (secondary N) is 1. The van der Waals surface area contributed by atoms with E-state index in [2.05, 4.69) is 16.6 Å². The predicted molar refractivity (Wildman–Crippen MR) is 86.1 cm³/mol. The van der Waals surface area contributed by atoms with Crippen molar-refractivity contribution in [3.63, 3.8) is 0 Å². The summed E-state index contributed by atoms with van der Waals surface area (Å²) in [6, 6.07) is 9.73. The maximum absolute atomic E-state index is 11.9. The van der Waals surface area contributed by atoms with Gasteiger partial charge in [-0.3, -0.25) is 4.79 Å². The Balaban J connectivity index is 1.90. The van der Waals surface area contributed by atoms with Crippen LogP contribution in [-0.2, 0) is 4.79 Å². The summed E-state index contributed by atoms with van der Waals surface area (Å²) >= 11 is 1.56. The van der Waals surface area contributed by atoms with Gasteiger partial charge in [-0.2, -0.15) is 5.10 Å². The highest BCUT2D eigenvalue weighted by atomic mass is 32.1. The van der Waals surface area contributed by atoms with E-state index in [0.29, 0.717) is 5.75 Å². The average molecular weight is 302 g/mol. The number of hydrogen-bond acceptors (Lipinski definition) is 4. The molecular weight excluding hydrogens is 284 g/mol. The molecule has 0 spiro atoms. The third kappa shape index (κ3) is 4.72. The van der Waals surface area contributed by atoms with E-state index in [0.717, 1.165) is 16.0 Å². The molecule has 4 nitrogen and oxygen atoms in total. The van der Waals surface area contributed by atoms with Gasteiger partial charge in [0.05, 0.1) is 6.21 Å². The second-order valence-electron chi connectivity index (χ2n) is 4.83. The quantitative estimate of drug-likeness (QED) is 0.680. The Morgan fingerprint density at radius 3 is 2.67 bits per heavy atom. The molecule has 1 aromatic heterocycles. The highest BCUT2D eigenvalue weighted by Gasteiger charge is 2.14. The van der Waals surface area contributed by atoms with Crippen LogP contribution in [0.3, 0.4) is 0 Å². The van der Waals surface area contributed by atoms with Gasteiger partial charge in [0.15, 0.2) is 6.10 Å². The van der Waals surface area contributed by atoms with Crippen LogP contribution in [0.1, 0.15) is 22.9 Å². The van der Waals surface area contributed by atoms with Gasteiger partial charge in [0, 0.05) is 4.88 Å². The largest absolute Gasteiger partial charge is 0.481 e. The topological polar surface area (TPSA) is 50.7 Å². The van der Waals surface area contributed by atoms with E-state index in [4.69, 9.17) is 4.74 Å². The smallest absolute Gasteiger partial charge is 0.280 e. The second-order valence-corrected chi connectivity index (χ2v) is 5.81. The fraction of sp³-hybridized carbons (Fsp3) is 0.250. The minimum atomic E-state index is -0.605. The molecule has 0 bridgehead atoms. The first-order chi connectivity index (χ1) is 10.0. The number of amides is 1. The lowest BCUT2D eigenvalue weighted by molar-refractivity contribution is -0.127. The number of hydrazone groups is 1. The zero-order valence-corrected chi connectivity index (χ0v) is 13.1. The Kier molecular flexibility index (Phi) is 5.11. The number of aryl methyl sites for hydroxylation is 2. The number of carbonyl (C=O) groups is 1. The van der Waals surface area contributed by atoms with E-state index >= 15 is 0 Å². The summed E-state index contributed by atoms with van der Waals surface area (Å²) in [6.45, 7) is 5.69. The number of nitrogens with zero attached hydrogens (tertiary/aromatic N) is 1. The summed E-state index contributed by atoms with van der Waals surface area (Å²) in [5.41, 5.74) is 4.69. The van der Waals surface area contributed by atoms with Crippen LogP contribution < -0.4 is 10.2 Å². The van der Waals surface area contributed by atoms with Gasteiger partial charge < -0.3 is 4.74 Å². The van der Waals surface area contributed by atoms with Crippen molar-refractivity contribution < 1.29 is 9.53 Å². The molecule has 1 N–H and O–H groups in total. The minimum absolute atomic E-state index is 0.276. The van der Waals surface area contributed by atoms with Crippen molar-refractivity contribution in [1.82, 2.24) is 5.43 Å². The lowest BCUT2D eigenvalue weighted by Gasteiger charge is -2.14. The van der Waals surface area contributed by atoms with Crippen molar-refractivity contribution in [2.45, 2.75) is 26.9 Å². The molecule has 5 heteroatoms. The first-order valence-corrected chi connectivity index (χ1v) is 7.54. The van der Waals surface area contributed by atoms with E-state index in [-0.39, 0.29) is 5.91 Å². The van der Waals surface area contributed by atoms with Crippen molar-refractivity contribution in [2.24, 2.45) is 5.10 Å². The maximum Gasteiger partial charge on any atom is 0.280 e. The van der Waals surface area contributed by atoms with Crippen LogP contribution in [0, 0.1) is 13.8 Å². The van der Waals surface area contributed by atoms with Gasteiger partial charge in [-0.1, -0.05) is 12.1 Å². The maximum atomic E-state index is 11.9. The first kappa shape index (κ1) is 15.3. The highest BCUT2D eigenvalue weighted by molar-refractivity contribution is 7.11. The van der Waals surface area contributed by atoms with E-state index in [1.165, 1.54) is 0 Å². The Morgan fingerprint density at radius 1 is 1.33 bits per heavy atom. The summed E-state index contributed by atoms with van der Waals surface area (Å²) in [4.78, 5) is 12.9. The van der Waals surface area contributed by atoms with Gasteiger partial charge in [0.2, 0.25) is 0 Å². The van der Waals surface area contributed by atoms with Crippen LogP contribution in [-0.4, -0.2) is 18.2 Å². The monoisotopic (exact) mass is 302 g/mol. The molecule has 0 unspecified atom stereocenters. The van der Waals surface area contributed by atoms with Crippen LogP contribution in [0.15, 0.2) is 40.8 Å². The molecule has 110 valence electrons. The van der Waals surface area contributed by atoms with Crippen LogP contribution >= 0.6 is 11.3 Å². The van der Waals surface area contributed by atoms with Crippen LogP contribution in [0.2, 0.25) is 0 Å². The summed E-state index contributed by atoms with van der Waals surface area (Å²) < 4.78 is 5.64. The number of rotatable bonds is 5. The fourth-order valence-electron chi connectivity index (χ4n) is 1.87. The molecule has 0 fully saturated rings. The third-order valence-electron chi connectivity index (χ3n) is 2.79. The number of carbonyl (C=O) groups excluding carboxylic acids is 1. The van der Waals surface area contributed by atoms with E-state index in [1.807, 2.05) is 43.5 Å². The molecule has 2 rings (SSSR count). The molecule has 1 atom stereocenters. The Morgan fingerprint density at radius 2 is 2.05 bits per heavy atom. The van der Waals surface area contributed by atoms with Crippen LogP contribution in [0.4, 0.5) is 0 Å². The summed E-state index contributed by atoms with van der Waals surface area (Å²) in [5, 5.41) is 5.87. The normalized spacial score (nSPS) is 12.3. The number of hydrogen-bond donors (Lipinski definition) is 1. The lowest BCUT2D eigenvalue weighted by Crippen LogP contribution is -2.33. The Hall–Kier alpha value is -2.14. The predicted octanol–water partition coefficient (Wildman–Crippen LogP) is 3.28. The average Bonchev–Trinajstić information content (AvgIpc) is 2.90. The molecule has 21 heavy (non-hydrogen) atoms. The molecule has 1 heterocycles. The molecule has 2 aromatic rings. The Bertz CT molecular complexity index is 615. The van der Waals surface area contributed by atoms with Crippen LogP contribution in [0.25, 0.3) is 0 Å². The summed E-state index contributed by atoms with van der Waals surface area (Å²) in [5.74, 6) is 0.416. The van der Waals surface area contributed by atoms with Crippen molar-refractivity contribution in [3.05, 3.63) is 51.7 Å². The zero-order chi connectivity index (χ0) is 15.2. The minimum Gasteiger partial charge on any atom is -0.481 e. The molecule has 0 aliphatic carbocycles. The highest BCUT2D eigenvalue weighted by Crippen LogP contribution is 2.17. The number of benzene rings is 1.